The molecule has 0 radical (unpaired) electrons. The first-order valence-electron chi connectivity index (χ1n) is 5.15. The minimum absolute atomic E-state index is 0.457. The van der Waals surface area contributed by atoms with Crippen LogP contribution in [0.15, 0.2) is 24.4 Å². The summed E-state index contributed by atoms with van der Waals surface area (Å²) in [7, 11) is 2.92. The standard InChI is InChI=1S/C12H14N2O3/c1-16-7-3-4-8-9(6-14-10(8)5-7)11(13)12(15)17-2/h3-6,11,14H,13H2,1-2H3. The van der Waals surface area contributed by atoms with E-state index in [0.29, 0.717) is 0 Å². The lowest BCUT2D eigenvalue weighted by Gasteiger charge is -2.08. The van der Waals surface area contributed by atoms with E-state index in [0.717, 1.165) is 22.2 Å². The molecule has 0 aliphatic carbocycles. The first-order valence-corrected chi connectivity index (χ1v) is 5.15. The first kappa shape index (κ1) is 11.5. The molecule has 1 aromatic carbocycles. The summed E-state index contributed by atoms with van der Waals surface area (Å²) in [6.07, 6.45) is 1.71. The molecule has 0 saturated heterocycles. The Hall–Kier alpha value is -2.01. The Kier molecular flexibility index (Phi) is 3.01. The number of carbonyl (C=O) groups is 1. The number of H-pyrrole nitrogens is 1. The van der Waals surface area contributed by atoms with Gasteiger partial charge in [-0.2, -0.15) is 0 Å². The lowest BCUT2D eigenvalue weighted by Crippen LogP contribution is -2.22. The Bertz CT molecular complexity index is 548. The molecular formula is C12H14N2O3. The molecule has 2 rings (SSSR count). The number of carbonyl (C=O) groups excluding carboxylic acids is 1. The molecule has 0 aliphatic heterocycles. The minimum Gasteiger partial charge on any atom is -0.497 e. The van der Waals surface area contributed by atoms with Crippen molar-refractivity contribution in [1.82, 2.24) is 4.98 Å². The van der Waals surface area contributed by atoms with Crippen molar-refractivity contribution in [2.24, 2.45) is 5.73 Å². The predicted molar refractivity (Wildman–Crippen MR) is 63.8 cm³/mol. The third kappa shape index (κ3) is 1.97. The third-order valence-electron chi connectivity index (χ3n) is 2.71. The van der Waals surface area contributed by atoms with Crippen molar-refractivity contribution in [2.75, 3.05) is 14.2 Å². The van der Waals surface area contributed by atoms with E-state index >= 15 is 0 Å². The molecule has 5 nitrogen and oxygen atoms in total. The average Bonchev–Trinajstić information content (AvgIpc) is 2.79. The van der Waals surface area contributed by atoms with E-state index in [2.05, 4.69) is 9.72 Å². The number of methoxy groups -OCH3 is 2. The normalized spacial score (nSPS) is 12.4. The number of aromatic nitrogens is 1. The summed E-state index contributed by atoms with van der Waals surface area (Å²) >= 11 is 0. The molecule has 5 heteroatoms. The number of hydrogen-bond donors (Lipinski definition) is 2. The second kappa shape index (κ2) is 4.47. The Morgan fingerprint density at radius 1 is 1.41 bits per heavy atom. The smallest absolute Gasteiger partial charge is 0.327 e. The third-order valence-corrected chi connectivity index (χ3v) is 2.71. The Morgan fingerprint density at radius 3 is 2.82 bits per heavy atom. The highest BCUT2D eigenvalue weighted by atomic mass is 16.5. The minimum atomic E-state index is -0.776. The van der Waals surface area contributed by atoms with Crippen LogP contribution in [-0.4, -0.2) is 25.2 Å². The van der Waals surface area contributed by atoms with Gasteiger partial charge in [0.1, 0.15) is 11.8 Å². The highest BCUT2D eigenvalue weighted by Gasteiger charge is 2.19. The SMILES string of the molecule is COC(=O)C(N)c1c[nH]c2cc(OC)ccc12. The van der Waals surface area contributed by atoms with Gasteiger partial charge in [0.25, 0.3) is 0 Å². The maximum atomic E-state index is 11.4. The number of hydrogen-bond acceptors (Lipinski definition) is 4. The number of nitrogens with two attached hydrogens (primary N) is 1. The molecule has 2 aromatic rings. The van der Waals surface area contributed by atoms with E-state index in [4.69, 9.17) is 10.5 Å². The van der Waals surface area contributed by atoms with Crippen LogP contribution >= 0.6 is 0 Å². The predicted octanol–water partition coefficient (Wildman–Crippen LogP) is 1.35. The number of benzene rings is 1. The number of nitrogens with one attached hydrogen (secondary N) is 1. The van der Waals surface area contributed by atoms with Gasteiger partial charge >= 0.3 is 5.97 Å². The lowest BCUT2D eigenvalue weighted by atomic mass is 10.1. The van der Waals surface area contributed by atoms with Gasteiger partial charge in [-0.1, -0.05) is 0 Å². The molecule has 1 heterocycles. The molecule has 90 valence electrons. The van der Waals surface area contributed by atoms with Crippen LogP contribution in [0.25, 0.3) is 10.9 Å². The van der Waals surface area contributed by atoms with Gasteiger partial charge < -0.3 is 20.2 Å². The number of rotatable bonds is 3. The van der Waals surface area contributed by atoms with Crippen molar-refractivity contribution in [1.29, 1.82) is 0 Å². The second-order valence-electron chi connectivity index (χ2n) is 3.66. The molecule has 1 unspecified atom stereocenters. The number of aromatic amines is 1. The van der Waals surface area contributed by atoms with E-state index in [9.17, 15) is 4.79 Å². The van der Waals surface area contributed by atoms with Crippen LogP contribution in [-0.2, 0) is 9.53 Å². The summed E-state index contributed by atoms with van der Waals surface area (Å²) in [6, 6.07) is 4.76. The fourth-order valence-corrected chi connectivity index (χ4v) is 1.77. The van der Waals surface area contributed by atoms with Crippen molar-refractivity contribution in [3.05, 3.63) is 30.0 Å². The van der Waals surface area contributed by atoms with Crippen LogP contribution in [0.3, 0.4) is 0 Å². The molecule has 0 saturated carbocycles. The Balaban J connectivity index is 2.46. The molecule has 17 heavy (non-hydrogen) atoms. The molecule has 3 N–H and O–H groups in total. The number of fused-ring (bicyclic) bond motifs is 1. The largest absolute Gasteiger partial charge is 0.497 e. The highest BCUT2D eigenvalue weighted by Crippen LogP contribution is 2.26. The van der Waals surface area contributed by atoms with Crippen molar-refractivity contribution < 1.29 is 14.3 Å². The van der Waals surface area contributed by atoms with Gasteiger partial charge in [0.2, 0.25) is 0 Å². The zero-order chi connectivity index (χ0) is 12.4. The summed E-state index contributed by atoms with van der Waals surface area (Å²) in [4.78, 5) is 14.4. The van der Waals surface area contributed by atoms with Crippen LogP contribution in [0.1, 0.15) is 11.6 Å². The molecule has 1 aromatic heterocycles. The summed E-state index contributed by atoms with van der Waals surface area (Å²) in [5.41, 5.74) is 7.40. The summed E-state index contributed by atoms with van der Waals surface area (Å²) in [5, 5.41) is 0.892. The monoisotopic (exact) mass is 234 g/mol. The quantitative estimate of drug-likeness (QED) is 0.786. The summed E-state index contributed by atoms with van der Waals surface area (Å²) < 4.78 is 9.74. The van der Waals surface area contributed by atoms with Crippen molar-refractivity contribution >= 4 is 16.9 Å². The summed E-state index contributed by atoms with van der Waals surface area (Å²) in [5.74, 6) is 0.291. The van der Waals surface area contributed by atoms with Gasteiger partial charge in [0.05, 0.1) is 14.2 Å². The lowest BCUT2D eigenvalue weighted by molar-refractivity contribution is -0.142. The molecule has 1 atom stereocenters. The van der Waals surface area contributed by atoms with Gasteiger partial charge in [-0.25, -0.2) is 0 Å². The summed E-state index contributed by atoms with van der Waals surface area (Å²) in [6.45, 7) is 0. The zero-order valence-electron chi connectivity index (χ0n) is 9.69. The molecule has 0 aliphatic rings. The maximum absolute atomic E-state index is 11.4. The van der Waals surface area contributed by atoms with E-state index in [1.54, 1.807) is 13.3 Å². The molecule has 0 bridgehead atoms. The Labute approximate surface area is 98.5 Å². The van der Waals surface area contributed by atoms with E-state index < -0.39 is 12.0 Å². The van der Waals surface area contributed by atoms with Crippen LogP contribution in [0.5, 0.6) is 5.75 Å². The van der Waals surface area contributed by atoms with E-state index in [1.807, 2.05) is 18.2 Å². The fourth-order valence-electron chi connectivity index (χ4n) is 1.77. The average molecular weight is 234 g/mol. The van der Waals surface area contributed by atoms with E-state index in [-0.39, 0.29) is 0 Å². The number of ether oxygens (including phenoxy) is 2. The first-order chi connectivity index (χ1) is 8.17. The van der Waals surface area contributed by atoms with Crippen LogP contribution in [0.2, 0.25) is 0 Å². The molecule has 0 fully saturated rings. The van der Waals surface area contributed by atoms with Gasteiger partial charge in [0.15, 0.2) is 0 Å². The van der Waals surface area contributed by atoms with Crippen molar-refractivity contribution in [3.8, 4) is 5.75 Å². The van der Waals surface area contributed by atoms with Gasteiger partial charge in [-0.3, -0.25) is 4.79 Å². The van der Waals surface area contributed by atoms with Gasteiger partial charge in [-0.05, 0) is 12.1 Å². The van der Waals surface area contributed by atoms with E-state index in [1.165, 1.54) is 7.11 Å². The van der Waals surface area contributed by atoms with Crippen LogP contribution in [0, 0.1) is 0 Å². The molecular weight excluding hydrogens is 220 g/mol. The second-order valence-corrected chi connectivity index (χ2v) is 3.66. The molecule has 0 spiro atoms. The van der Waals surface area contributed by atoms with Crippen LogP contribution in [0.4, 0.5) is 0 Å². The zero-order valence-corrected chi connectivity index (χ0v) is 9.69. The maximum Gasteiger partial charge on any atom is 0.327 e. The van der Waals surface area contributed by atoms with Crippen molar-refractivity contribution in [3.63, 3.8) is 0 Å². The Morgan fingerprint density at radius 2 is 2.18 bits per heavy atom. The topological polar surface area (TPSA) is 77.3 Å². The highest BCUT2D eigenvalue weighted by molar-refractivity contribution is 5.90. The van der Waals surface area contributed by atoms with Crippen LogP contribution < -0.4 is 10.5 Å². The molecule has 0 amide bonds. The fraction of sp³-hybridized carbons (Fsp3) is 0.250. The van der Waals surface area contributed by atoms with Crippen molar-refractivity contribution in [2.45, 2.75) is 6.04 Å². The van der Waals surface area contributed by atoms with Gasteiger partial charge in [0, 0.05) is 28.7 Å². The number of esters is 1. The van der Waals surface area contributed by atoms with Gasteiger partial charge in [-0.15, -0.1) is 0 Å².